The van der Waals surface area contributed by atoms with E-state index in [0.717, 1.165) is 33.3 Å². The van der Waals surface area contributed by atoms with E-state index in [1.807, 2.05) is 48.8 Å². The summed E-state index contributed by atoms with van der Waals surface area (Å²) in [5.74, 6) is -0.130. The highest BCUT2D eigenvalue weighted by Crippen LogP contribution is 2.22. The minimum absolute atomic E-state index is 0.130. The Morgan fingerprint density at radius 3 is 2.88 bits per heavy atom. The quantitative estimate of drug-likeness (QED) is 0.579. The van der Waals surface area contributed by atoms with Crippen molar-refractivity contribution >= 4 is 28.1 Å². The van der Waals surface area contributed by atoms with Crippen LogP contribution in [0, 0.1) is 6.92 Å². The predicted molar refractivity (Wildman–Crippen MR) is 105 cm³/mol. The lowest BCUT2D eigenvalue weighted by Gasteiger charge is -2.09. The highest BCUT2D eigenvalue weighted by molar-refractivity contribution is 7.08. The number of amides is 1. The summed E-state index contributed by atoms with van der Waals surface area (Å²) in [6.07, 6.45) is 3.62. The molecule has 5 heteroatoms. The number of fused-ring (bicyclic) bond motifs is 1. The molecule has 0 fully saturated rings. The second-order valence-corrected chi connectivity index (χ2v) is 6.89. The molecule has 1 amide bonds. The fourth-order valence-electron chi connectivity index (χ4n) is 2.88. The minimum Gasteiger partial charge on any atom is -0.348 e. The first-order chi connectivity index (χ1) is 12.7. The number of thiophene rings is 1. The highest BCUT2D eigenvalue weighted by atomic mass is 32.1. The number of benzene rings is 1. The van der Waals surface area contributed by atoms with E-state index in [-0.39, 0.29) is 5.91 Å². The first kappa shape index (κ1) is 16.4. The molecule has 0 spiro atoms. The van der Waals surface area contributed by atoms with Crippen molar-refractivity contribution in [2.45, 2.75) is 13.5 Å². The second-order valence-electron chi connectivity index (χ2n) is 6.11. The monoisotopic (exact) mass is 359 g/mol. The van der Waals surface area contributed by atoms with E-state index < -0.39 is 0 Å². The van der Waals surface area contributed by atoms with Crippen LogP contribution in [0.15, 0.2) is 65.6 Å². The topological polar surface area (TPSA) is 54.9 Å². The van der Waals surface area contributed by atoms with E-state index >= 15 is 0 Å². The number of nitrogens with one attached hydrogen (secondary N) is 1. The van der Waals surface area contributed by atoms with E-state index in [0.29, 0.717) is 12.1 Å². The van der Waals surface area contributed by atoms with Crippen molar-refractivity contribution in [3.05, 3.63) is 82.4 Å². The first-order valence-corrected chi connectivity index (χ1v) is 9.26. The van der Waals surface area contributed by atoms with Crippen LogP contribution >= 0.6 is 11.3 Å². The van der Waals surface area contributed by atoms with Crippen molar-refractivity contribution in [3.8, 4) is 11.1 Å². The molecule has 26 heavy (non-hydrogen) atoms. The second kappa shape index (κ2) is 7.06. The maximum Gasteiger partial charge on any atom is 0.253 e. The normalized spacial score (nSPS) is 10.8. The van der Waals surface area contributed by atoms with Crippen LogP contribution < -0.4 is 5.32 Å². The molecule has 4 nitrogen and oxygen atoms in total. The molecular weight excluding hydrogens is 342 g/mol. The summed E-state index contributed by atoms with van der Waals surface area (Å²) >= 11 is 1.65. The zero-order chi connectivity index (χ0) is 17.9. The molecule has 3 aromatic heterocycles. The molecule has 0 saturated carbocycles. The summed E-state index contributed by atoms with van der Waals surface area (Å²) in [5, 5.41) is 8.07. The van der Waals surface area contributed by atoms with Gasteiger partial charge in [-0.2, -0.15) is 11.3 Å². The van der Waals surface area contributed by atoms with Crippen LogP contribution in [0.3, 0.4) is 0 Å². The number of hydrogen-bond donors (Lipinski definition) is 1. The fraction of sp³-hybridized carbons (Fsp3) is 0.0952. The molecule has 1 aromatic carbocycles. The van der Waals surface area contributed by atoms with E-state index in [1.54, 1.807) is 17.5 Å². The molecule has 0 saturated heterocycles. The molecule has 0 atom stereocenters. The Labute approximate surface area is 155 Å². The number of aromatic nitrogens is 2. The van der Waals surface area contributed by atoms with Gasteiger partial charge in [0.2, 0.25) is 0 Å². The molecule has 3 heterocycles. The largest absolute Gasteiger partial charge is 0.348 e. The van der Waals surface area contributed by atoms with Crippen molar-refractivity contribution in [3.63, 3.8) is 0 Å². The van der Waals surface area contributed by atoms with Crippen molar-refractivity contribution in [1.29, 1.82) is 0 Å². The van der Waals surface area contributed by atoms with Crippen LogP contribution in [0.1, 0.15) is 21.6 Å². The maximum absolute atomic E-state index is 12.7. The first-order valence-electron chi connectivity index (χ1n) is 8.32. The van der Waals surface area contributed by atoms with Crippen LogP contribution in [0.5, 0.6) is 0 Å². The SMILES string of the molecule is Cc1ccc2cccc(C(=O)NCc3cncc(-c4ccsc4)c3)c2n1. The number of rotatable bonds is 4. The van der Waals surface area contributed by atoms with Gasteiger partial charge in [0.05, 0.1) is 11.1 Å². The van der Waals surface area contributed by atoms with Gasteiger partial charge in [-0.3, -0.25) is 14.8 Å². The smallest absolute Gasteiger partial charge is 0.253 e. The third-order valence-corrected chi connectivity index (χ3v) is 4.89. The van der Waals surface area contributed by atoms with Crippen LogP contribution in [0.4, 0.5) is 0 Å². The summed E-state index contributed by atoms with van der Waals surface area (Å²) in [6.45, 7) is 2.35. The third kappa shape index (κ3) is 3.34. The molecule has 0 aliphatic carbocycles. The zero-order valence-electron chi connectivity index (χ0n) is 14.3. The van der Waals surface area contributed by atoms with Gasteiger partial charge in [0.15, 0.2) is 0 Å². The summed E-state index contributed by atoms with van der Waals surface area (Å²) in [7, 11) is 0. The van der Waals surface area contributed by atoms with Crippen LogP contribution in [0.25, 0.3) is 22.0 Å². The van der Waals surface area contributed by atoms with Crippen LogP contribution in [-0.4, -0.2) is 15.9 Å². The summed E-state index contributed by atoms with van der Waals surface area (Å²) in [6, 6.07) is 13.7. The Balaban J connectivity index is 1.55. The summed E-state index contributed by atoms with van der Waals surface area (Å²) in [4.78, 5) is 21.5. The van der Waals surface area contributed by atoms with Gasteiger partial charge in [-0.05, 0) is 53.1 Å². The number of hydrogen-bond acceptors (Lipinski definition) is 4. The molecule has 1 N–H and O–H groups in total. The standard InChI is InChI=1S/C21H17N3OS/c1-14-5-6-16-3-2-4-19(20(16)24-14)21(25)23-11-15-9-18(12-22-10-15)17-7-8-26-13-17/h2-10,12-13H,11H2,1H3,(H,23,25). The Hall–Kier alpha value is -3.05. The number of nitrogens with zero attached hydrogens (tertiary/aromatic N) is 2. The molecule has 0 unspecified atom stereocenters. The lowest BCUT2D eigenvalue weighted by atomic mass is 10.1. The summed E-state index contributed by atoms with van der Waals surface area (Å²) in [5.41, 5.74) is 5.38. The van der Waals surface area contributed by atoms with Gasteiger partial charge in [-0.25, -0.2) is 0 Å². The third-order valence-electron chi connectivity index (χ3n) is 4.21. The lowest BCUT2D eigenvalue weighted by molar-refractivity contribution is 0.0952. The van der Waals surface area contributed by atoms with E-state index in [2.05, 4.69) is 32.8 Å². The molecular formula is C21H17N3OS. The Morgan fingerprint density at radius 2 is 2.04 bits per heavy atom. The van der Waals surface area contributed by atoms with E-state index in [4.69, 9.17) is 0 Å². The maximum atomic E-state index is 12.7. The molecule has 128 valence electrons. The molecule has 0 bridgehead atoms. The molecule has 0 aliphatic heterocycles. The Morgan fingerprint density at radius 1 is 1.12 bits per heavy atom. The summed E-state index contributed by atoms with van der Waals surface area (Å²) < 4.78 is 0. The van der Waals surface area contributed by atoms with Crippen LogP contribution in [-0.2, 0) is 6.54 Å². The Bertz CT molecular complexity index is 1070. The van der Waals surface area contributed by atoms with Crippen molar-refractivity contribution in [2.75, 3.05) is 0 Å². The van der Waals surface area contributed by atoms with Gasteiger partial charge < -0.3 is 5.32 Å². The average Bonchev–Trinajstić information content (AvgIpc) is 3.20. The molecule has 4 aromatic rings. The fourth-order valence-corrected chi connectivity index (χ4v) is 3.54. The van der Waals surface area contributed by atoms with Gasteiger partial charge in [0, 0.05) is 35.6 Å². The number of carbonyl (C=O) groups excluding carboxylic acids is 1. The zero-order valence-corrected chi connectivity index (χ0v) is 15.1. The molecule has 0 aliphatic rings. The number of aryl methyl sites for hydroxylation is 1. The van der Waals surface area contributed by atoms with Gasteiger partial charge in [-0.1, -0.05) is 18.2 Å². The molecule has 4 rings (SSSR count). The minimum atomic E-state index is -0.130. The number of pyridine rings is 2. The van der Waals surface area contributed by atoms with E-state index in [9.17, 15) is 4.79 Å². The van der Waals surface area contributed by atoms with Gasteiger partial charge in [-0.15, -0.1) is 0 Å². The predicted octanol–water partition coefficient (Wildman–Crippen LogP) is 4.60. The highest BCUT2D eigenvalue weighted by Gasteiger charge is 2.11. The number of para-hydroxylation sites is 1. The lowest BCUT2D eigenvalue weighted by Crippen LogP contribution is -2.23. The van der Waals surface area contributed by atoms with Crippen molar-refractivity contribution in [1.82, 2.24) is 15.3 Å². The van der Waals surface area contributed by atoms with Gasteiger partial charge in [0.1, 0.15) is 0 Å². The van der Waals surface area contributed by atoms with Crippen LogP contribution in [0.2, 0.25) is 0 Å². The van der Waals surface area contributed by atoms with Crippen molar-refractivity contribution in [2.24, 2.45) is 0 Å². The van der Waals surface area contributed by atoms with Gasteiger partial charge >= 0.3 is 0 Å². The van der Waals surface area contributed by atoms with Gasteiger partial charge in [0.25, 0.3) is 5.91 Å². The number of carbonyl (C=O) groups is 1. The van der Waals surface area contributed by atoms with Crippen molar-refractivity contribution < 1.29 is 4.79 Å². The van der Waals surface area contributed by atoms with E-state index in [1.165, 1.54) is 0 Å². The molecule has 0 radical (unpaired) electrons. The average molecular weight is 359 g/mol. The Kier molecular flexibility index (Phi) is 4.46.